The SMILES string of the molecule is CCCCOC(=O)/C=C/c1ccc(CC)cc1. The van der Waals surface area contributed by atoms with Crippen LogP contribution in [0.15, 0.2) is 30.3 Å². The smallest absolute Gasteiger partial charge is 0.330 e. The Morgan fingerprint density at radius 3 is 2.53 bits per heavy atom. The number of rotatable bonds is 6. The van der Waals surface area contributed by atoms with Gasteiger partial charge in [-0.1, -0.05) is 44.5 Å². The number of carbonyl (C=O) groups excluding carboxylic acids is 1. The van der Waals surface area contributed by atoms with Gasteiger partial charge in [0.15, 0.2) is 0 Å². The van der Waals surface area contributed by atoms with Crippen LogP contribution in [0.4, 0.5) is 0 Å². The molecule has 0 spiro atoms. The van der Waals surface area contributed by atoms with Crippen LogP contribution in [-0.2, 0) is 16.0 Å². The van der Waals surface area contributed by atoms with E-state index in [0.717, 1.165) is 24.8 Å². The molecule has 0 unspecified atom stereocenters. The van der Waals surface area contributed by atoms with Gasteiger partial charge >= 0.3 is 5.97 Å². The van der Waals surface area contributed by atoms with Crippen LogP contribution in [-0.4, -0.2) is 12.6 Å². The Kier molecular flexibility index (Phi) is 6.08. The predicted molar refractivity (Wildman–Crippen MR) is 70.7 cm³/mol. The van der Waals surface area contributed by atoms with E-state index in [0.29, 0.717) is 6.61 Å². The Morgan fingerprint density at radius 1 is 1.24 bits per heavy atom. The van der Waals surface area contributed by atoms with Crippen LogP contribution >= 0.6 is 0 Å². The van der Waals surface area contributed by atoms with E-state index in [1.165, 1.54) is 11.6 Å². The lowest BCUT2D eigenvalue weighted by atomic mass is 10.1. The van der Waals surface area contributed by atoms with Crippen molar-refractivity contribution in [1.82, 2.24) is 0 Å². The zero-order valence-corrected chi connectivity index (χ0v) is 10.6. The molecule has 0 amide bonds. The van der Waals surface area contributed by atoms with E-state index in [4.69, 9.17) is 4.74 Å². The first-order valence-corrected chi connectivity index (χ1v) is 6.20. The molecule has 0 fully saturated rings. The van der Waals surface area contributed by atoms with Crippen LogP contribution in [0, 0.1) is 0 Å². The Balaban J connectivity index is 2.43. The lowest BCUT2D eigenvalue weighted by molar-refractivity contribution is -0.137. The van der Waals surface area contributed by atoms with Gasteiger partial charge in [-0.3, -0.25) is 0 Å². The van der Waals surface area contributed by atoms with Gasteiger partial charge in [-0.15, -0.1) is 0 Å². The molecule has 17 heavy (non-hydrogen) atoms. The Labute approximate surface area is 103 Å². The predicted octanol–water partition coefficient (Wildman–Crippen LogP) is 3.61. The number of unbranched alkanes of at least 4 members (excludes halogenated alkanes) is 1. The molecule has 0 aromatic heterocycles. The van der Waals surface area contributed by atoms with Crippen molar-refractivity contribution in [3.05, 3.63) is 41.5 Å². The molecule has 0 saturated heterocycles. The Morgan fingerprint density at radius 2 is 1.94 bits per heavy atom. The Hall–Kier alpha value is -1.57. The van der Waals surface area contributed by atoms with E-state index in [9.17, 15) is 4.79 Å². The minimum atomic E-state index is -0.266. The second-order valence-electron chi connectivity index (χ2n) is 3.95. The minimum absolute atomic E-state index is 0.266. The first-order valence-electron chi connectivity index (χ1n) is 6.20. The third-order valence-electron chi connectivity index (χ3n) is 2.54. The van der Waals surface area contributed by atoms with Crippen LogP contribution < -0.4 is 0 Å². The van der Waals surface area contributed by atoms with E-state index >= 15 is 0 Å². The summed E-state index contributed by atoms with van der Waals surface area (Å²) >= 11 is 0. The lowest BCUT2D eigenvalue weighted by Crippen LogP contribution is -2.01. The fraction of sp³-hybridized carbons (Fsp3) is 0.400. The molecule has 1 aromatic rings. The van der Waals surface area contributed by atoms with Gasteiger partial charge in [0.1, 0.15) is 0 Å². The zero-order chi connectivity index (χ0) is 12.5. The topological polar surface area (TPSA) is 26.3 Å². The molecule has 2 heteroatoms. The van der Waals surface area contributed by atoms with Crippen molar-refractivity contribution in [3.63, 3.8) is 0 Å². The van der Waals surface area contributed by atoms with Gasteiger partial charge in [-0.2, -0.15) is 0 Å². The van der Waals surface area contributed by atoms with E-state index < -0.39 is 0 Å². The van der Waals surface area contributed by atoms with E-state index in [1.807, 2.05) is 12.1 Å². The monoisotopic (exact) mass is 232 g/mol. The fourth-order valence-corrected chi connectivity index (χ4v) is 1.39. The van der Waals surface area contributed by atoms with Crippen molar-refractivity contribution in [2.45, 2.75) is 33.1 Å². The summed E-state index contributed by atoms with van der Waals surface area (Å²) in [4.78, 5) is 11.3. The van der Waals surface area contributed by atoms with Gasteiger partial charge in [0, 0.05) is 6.08 Å². The highest BCUT2D eigenvalue weighted by Gasteiger charge is 1.96. The lowest BCUT2D eigenvalue weighted by Gasteiger charge is -1.99. The van der Waals surface area contributed by atoms with Crippen LogP contribution in [0.1, 0.15) is 37.8 Å². The van der Waals surface area contributed by atoms with Crippen molar-refractivity contribution in [2.75, 3.05) is 6.61 Å². The highest BCUT2D eigenvalue weighted by atomic mass is 16.5. The van der Waals surface area contributed by atoms with Gasteiger partial charge in [0.05, 0.1) is 6.61 Å². The molecule has 0 aliphatic carbocycles. The average molecular weight is 232 g/mol. The summed E-state index contributed by atoms with van der Waals surface area (Å²) in [6.07, 6.45) is 6.26. The quantitative estimate of drug-likeness (QED) is 0.425. The van der Waals surface area contributed by atoms with Crippen molar-refractivity contribution >= 4 is 12.0 Å². The average Bonchev–Trinajstić information content (AvgIpc) is 2.37. The van der Waals surface area contributed by atoms with E-state index in [2.05, 4.69) is 26.0 Å². The number of benzene rings is 1. The molecule has 1 aromatic carbocycles. The maximum Gasteiger partial charge on any atom is 0.330 e. The molecule has 2 nitrogen and oxygen atoms in total. The van der Waals surface area contributed by atoms with Crippen LogP contribution in [0.5, 0.6) is 0 Å². The molecule has 0 heterocycles. The molecule has 0 aliphatic heterocycles. The minimum Gasteiger partial charge on any atom is -0.463 e. The fourth-order valence-electron chi connectivity index (χ4n) is 1.39. The van der Waals surface area contributed by atoms with Crippen molar-refractivity contribution < 1.29 is 9.53 Å². The summed E-state index contributed by atoms with van der Waals surface area (Å²) in [5, 5.41) is 0. The Bertz CT molecular complexity index is 363. The van der Waals surface area contributed by atoms with Crippen molar-refractivity contribution in [3.8, 4) is 0 Å². The second kappa shape index (κ2) is 7.66. The molecule has 0 bridgehead atoms. The van der Waals surface area contributed by atoms with E-state index in [1.54, 1.807) is 6.08 Å². The van der Waals surface area contributed by atoms with Crippen molar-refractivity contribution in [1.29, 1.82) is 0 Å². The maximum absolute atomic E-state index is 11.3. The summed E-state index contributed by atoms with van der Waals surface area (Å²) < 4.78 is 5.02. The third-order valence-corrected chi connectivity index (χ3v) is 2.54. The van der Waals surface area contributed by atoms with Crippen LogP contribution in [0.25, 0.3) is 6.08 Å². The molecule has 0 saturated carbocycles. The summed E-state index contributed by atoms with van der Waals surface area (Å²) in [5.74, 6) is -0.266. The first-order chi connectivity index (χ1) is 8.26. The van der Waals surface area contributed by atoms with Gasteiger partial charge in [0.25, 0.3) is 0 Å². The summed E-state index contributed by atoms with van der Waals surface area (Å²) in [5.41, 5.74) is 2.32. The van der Waals surface area contributed by atoms with Gasteiger partial charge in [-0.05, 0) is 30.0 Å². The second-order valence-corrected chi connectivity index (χ2v) is 3.95. The first kappa shape index (κ1) is 13.5. The molecule has 1 rings (SSSR count). The number of hydrogen-bond acceptors (Lipinski definition) is 2. The maximum atomic E-state index is 11.3. The summed E-state index contributed by atoms with van der Waals surface area (Å²) in [7, 11) is 0. The molecule has 0 radical (unpaired) electrons. The number of ether oxygens (including phenoxy) is 1. The van der Waals surface area contributed by atoms with E-state index in [-0.39, 0.29) is 5.97 Å². The highest BCUT2D eigenvalue weighted by molar-refractivity contribution is 5.87. The molecule has 0 aliphatic rings. The molecule has 0 atom stereocenters. The van der Waals surface area contributed by atoms with Crippen LogP contribution in [0.3, 0.4) is 0 Å². The molecule has 92 valence electrons. The number of esters is 1. The largest absolute Gasteiger partial charge is 0.463 e. The summed E-state index contributed by atoms with van der Waals surface area (Å²) in [6, 6.07) is 8.16. The zero-order valence-electron chi connectivity index (χ0n) is 10.6. The summed E-state index contributed by atoms with van der Waals surface area (Å²) in [6.45, 7) is 4.70. The molecular formula is C15H20O2. The number of hydrogen-bond donors (Lipinski definition) is 0. The molecule has 0 N–H and O–H groups in total. The normalized spacial score (nSPS) is 10.7. The number of carbonyl (C=O) groups is 1. The van der Waals surface area contributed by atoms with Gasteiger partial charge < -0.3 is 4.74 Å². The van der Waals surface area contributed by atoms with Gasteiger partial charge in [0.2, 0.25) is 0 Å². The number of aryl methyl sites for hydroxylation is 1. The third kappa shape index (κ3) is 5.34. The van der Waals surface area contributed by atoms with Crippen LogP contribution in [0.2, 0.25) is 0 Å². The van der Waals surface area contributed by atoms with Crippen molar-refractivity contribution in [2.24, 2.45) is 0 Å². The standard InChI is InChI=1S/C15H20O2/c1-3-5-12-17-15(16)11-10-14-8-6-13(4-2)7-9-14/h6-11H,3-5,12H2,1-2H3/b11-10+. The molecular weight excluding hydrogens is 212 g/mol. The van der Waals surface area contributed by atoms with Gasteiger partial charge in [-0.25, -0.2) is 4.79 Å². The highest BCUT2D eigenvalue weighted by Crippen LogP contribution is 2.06.